The van der Waals surface area contributed by atoms with E-state index in [1.54, 1.807) is 11.3 Å². The number of aromatic nitrogens is 1. The van der Waals surface area contributed by atoms with Crippen molar-refractivity contribution in [1.82, 2.24) is 9.88 Å². The summed E-state index contributed by atoms with van der Waals surface area (Å²) in [7, 11) is 0. The Morgan fingerprint density at radius 3 is 2.68 bits per heavy atom. The first kappa shape index (κ1) is 21.4. The Morgan fingerprint density at radius 2 is 1.97 bits per heavy atom. The van der Waals surface area contributed by atoms with Gasteiger partial charge >= 0.3 is 6.03 Å². The van der Waals surface area contributed by atoms with Crippen LogP contribution >= 0.6 is 11.3 Å². The molecular weight excluding hydrogens is 410 g/mol. The predicted molar refractivity (Wildman–Crippen MR) is 125 cm³/mol. The number of fused-ring (bicyclic) bond motifs is 1. The topological polar surface area (TPSA) is 63.7 Å². The number of likely N-dealkylation sites (tertiary alicyclic amines) is 1. The predicted octanol–water partition coefficient (Wildman–Crippen LogP) is 5.86. The maximum Gasteiger partial charge on any atom is 0.321 e. The molecule has 2 amide bonds. The molecule has 2 aromatic carbocycles. The molecule has 0 unspecified atom stereocenters. The van der Waals surface area contributed by atoms with E-state index in [-0.39, 0.29) is 12.1 Å². The Bertz CT molecular complexity index is 1010. The maximum absolute atomic E-state index is 12.6. The minimum absolute atomic E-state index is 0.0753. The molecule has 0 bridgehead atoms. The average Bonchev–Trinajstić information content (AvgIpc) is 3.19. The van der Waals surface area contributed by atoms with Gasteiger partial charge in [0.1, 0.15) is 11.9 Å². The largest absolute Gasteiger partial charge is 0.494 e. The zero-order chi connectivity index (χ0) is 21.6. The number of rotatable bonds is 7. The van der Waals surface area contributed by atoms with Crippen molar-refractivity contribution in [3.63, 3.8) is 0 Å². The first-order valence-electron chi connectivity index (χ1n) is 10.9. The van der Waals surface area contributed by atoms with E-state index in [1.165, 1.54) is 0 Å². The van der Waals surface area contributed by atoms with Crippen LogP contribution in [-0.4, -0.2) is 41.7 Å². The van der Waals surface area contributed by atoms with E-state index in [0.29, 0.717) is 18.3 Å². The van der Waals surface area contributed by atoms with Crippen LogP contribution in [0.2, 0.25) is 0 Å². The molecule has 1 fully saturated rings. The molecule has 31 heavy (non-hydrogen) atoms. The number of ether oxygens (including phenoxy) is 2. The number of anilines is 1. The summed E-state index contributed by atoms with van der Waals surface area (Å²) >= 11 is 1.58. The van der Waals surface area contributed by atoms with Gasteiger partial charge in [-0.05, 0) is 49.2 Å². The number of nitrogens with one attached hydrogen (secondary N) is 1. The van der Waals surface area contributed by atoms with E-state index in [4.69, 9.17) is 9.47 Å². The van der Waals surface area contributed by atoms with Crippen LogP contribution in [0.3, 0.4) is 0 Å². The molecule has 1 aliphatic heterocycles. The van der Waals surface area contributed by atoms with Gasteiger partial charge in [0, 0.05) is 31.6 Å². The fourth-order valence-corrected chi connectivity index (χ4v) is 4.57. The summed E-state index contributed by atoms with van der Waals surface area (Å²) in [5.74, 6) is 0.828. The normalized spacial score (nSPS) is 14.6. The van der Waals surface area contributed by atoms with Crippen LogP contribution in [0.5, 0.6) is 10.9 Å². The molecule has 0 spiro atoms. The molecule has 0 radical (unpaired) electrons. The second-order valence-corrected chi connectivity index (χ2v) is 8.86. The van der Waals surface area contributed by atoms with Crippen molar-refractivity contribution in [3.05, 3.63) is 48.0 Å². The van der Waals surface area contributed by atoms with Gasteiger partial charge < -0.3 is 19.7 Å². The van der Waals surface area contributed by atoms with Gasteiger partial charge in [-0.2, -0.15) is 0 Å². The number of hydrogen-bond acceptors (Lipinski definition) is 5. The van der Waals surface area contributed by atoms with Crippen molar-refractivity contribution in [3.8, 4) is 10.9 Å². The maximum atomic E-state index is 12.6. The Kier molecular flexibility index (Phi) is 6.92. The number of nitrogens with zero attached hydrogens (tertiary/aromatic N) is 2. The second-order valence-electron chi connectivity index (χ2n) is 7.86. The number of carbonyl (C=O) groups excluding carboxylic acids is 1. The fourth-order valence-electron chi connectivity index (χ4n) is 3.61. The average molecular weight is 440 g/mol. The van der Waals surface area contributed by atoms with Crippen molar-refractivity contribution < 1.29 is 14.3 Å². The van der Waals surface area contributed by atoms with Crippen LogP contribution in [0.15, 0.2) is 42.5 Å². The van der Waals surface area contributed by atoms with Crippen LogP contribution in [0, 0.1) is 6.92 Å². The first-order chi connectivity index (χ1) is 15.1. The van der Waals surface area contributed by atoms with Gasteiger partial charge in [-0.25, -0.2) is 9.78 Å². The lowest BCUT2D eigenvalue weighted by Gasteiger charge is -2.31. The van der Waals surface area contributed by atoms with Crippen LogP contribution < -0.4 is 14.8 Å². The fraction of sp³-hybridized carbons (Fsp3) is 0.417. The van der Waals surface area contributed by atoms with E-state index < -0.39 is 0 Å². The van der Waals surface area contributed by atoms with Crippen molar-refractivity contribution in [2.75, 3.05) is 25.0 Å². The third-order valence-electron chi connectivity index (χ3n) is 5.47. The highest BCUT2D eigenvalue weighted by Crippen LogP contribution is 2.31. The molecule has 0 atom stereocenters. The molecular formula is C24H29N3O3S. The van der Waals surface area contributed by atoms with Crippen LogP contribution in [-0.2, 0) is 0 Å². The lowest BCUT2D eigenvalue weighted by atomic mass is 10.1. The molecule has 164 valence electrons. The van der Waals surface area contributed by atoms with E-state index in [0.717, 1.165) is 59.5 Å². The highest BCUT2D eigenvalue weighted by molar-refractivity contribution is 7.20. The van der Waals surface area contributed by atoms with E-state index >= 15 is 0 Å². The van der Waals surface area contributed by atoms with Gasteiger partial charge in [-0.3, -0.25) is 0 Å². The van der Waals surface area contributed by atoms with Gasteiger partial charge in [0.25, 0.3) is 5.19 Å². The monoisotopic (exact) mass is 439 g/mol. The Hall–Kier alpha value is -2.80. The van der Waals surface area contributed by atoms with E-state index in [2.05, 4.69) is 36.3 Å². The van der Waals surface area contributed by atoms with Crippen LogP contribution in [0.1, 0.15) is 38.2 Å². The summed E-state index contributed by atoms with van der Waals surface area (Å²) in [6.45, 7) is 6.25. The summed E-state index contributed by atoms with van der Waals surface area (Å²) in [6.07, 6.45) is 3.83. The number of piperidine rings is 1. The standard InChI is InChI=1S/C24H29N3O3S/c1-3-4-16-29-19-10-8-18(9-11-19)25-23(28)27-14-12-20(13-15-27)30-24-26-22-17(2)6-5-7-21(22)31-24/h5-11,20H,3-4,12-16H2,1-2H3,(H,25,28). The summed E-state index contributed by atoms with van der Waals surface area (Å²) in [5.41, 5.74) is 2.95. The number of para-hydroxylation sites is 1. The minimum atomic E-state index is -0.0753. The molecule has 0 saturated carbocycles. The van der Waals surface area contributed by atoms with Crippen molar-refractivity contribution >= 4 is 33.3 Å². The summed E-state index contributed by atoms with van der Waals surface area (Å²) in [4.78, 5) is 19.1. The number of benzene rings is 2. The number of hydrogen-bond donors (Lipinski definition) is 1. The van der Waals surface area contributed by atoms with Gasteiger partial charge in [0.05, 0.1) is 16.8 Å². The zero-order valence-corrected chi connectivity index (χ0v) is 18.9. The second kappa shape index (κ2) is 10.0. The van der Waals surface area contributed by atoms with Gasteiger partial charge in [0.2, 0.25) is 0 Å². The molecule has 6 nitrogen and oxygen atoms in total. The number of aryl methyl sites for hydroxylation is 1. The Morgan fingerprint density at radius 1 is 1.19 bits per heavy atom. The number of carbonyl (C=O) groups is 1. The number of unbranched alkanes of at least 4 members (excludes halogenated alkanes) is 1. The SMILES string of the molecule is CCCCOc1ccc(NC(=O)N2CCC(Oc3nc4c(C)cccc4s3)CC2)cc1. The molecule has 1 saturated heterocycles. The minimum Gasteiger partial charge on any atom is -0.494 e. The molecule has 0 aliphatic carbocycles. The molecule has 1 N–H and O–H groups in total. The summed E-state index contributed by atoms with van der Waals surface area (Å²) in [6, 6.07) is 13.7. The highest BCUT2D eigenvalue weighted by Gasteiger charge is 2.25. The lowest BCUT2D eigenvalue weighted by molar-refractivity contribution is 0.115. The molecule has 7 heteroatoms. The molecule has 3 aromatic rings. The zero-order valence-electron chi connectivity index (χ0n) is 18.1. The van der Waals surface area contributed by atoms with Gasteiger partial charge in [-0.1, -0.05) is 36.8 Å². The third kappa shape index (κ3) is 5.47. The van der Waals surface area contributed by atoms with E-state index in [9.17, 15) is 4.79 Å². The van der Waals surface area contributed by atoms with Gasteiger partial charge in [-0.15, -0.1) is 0 Å². The Balaban J connectivity index is 1.25. The van der Waals surface area contributed by atoms with Crippen molar-refractivity contribution in [1.29, 1.82) is 0 Å². The van der Waals surface area contributed by atoms with Crippen LogP contribution in [0.4, 0.5) is 10.5 Å². The highest BCUT2D eigenvalue weighted by atomic mass is 32.1. The van der Waals surface area contributed by atoms with E-state index in [1.807, 2.05) is 35.2 Å². The molecule has 1 aliphatic rings. The number of urea groups is 1. The summed E-state index contributed by atoms with van der Waals surface area (Å²) in [5, 5.41) is 3.69. The van der Waals surface area contributed by atoms with Crippen LogP contribution in [0.25, 0.3) is 10.2 Å². The van der Waals surface area contributed by atoms with Crippen molar-refractivity contribution in [2.24, 2.45) is 0 Å². The lowest BCUT2D eigenvalue weighted by Crippen LogP contribution is -2.43. The quantitative estimate of drug-likeness (QED) is 0.469. The number of thiazole rings is 1. The number of amides is 2. The van der Waals surface area contributed by atoms with Gasteiger partial charge in [0.15, 0.2) is 0 Å². The Labute approximate surface area is 187 Å². The van der Waals surface area contributed by atoms with Crippen molar-refractivity contribution in [2.45, 2.75) is 45.6 Å². The summed E-state index contributed by atoms with van der Waals surface area (Å²) < 4.78 is 12.9. The molecule has 1 aromatic heterocycles. The smallest absolute Gasteiger partial charge is 0.321 e. The third-order valence-corrected chi connectivity index (χ3v) is 6.38. The first-order valence-corrected chi connectivity index (χ1v) is 11.8. The molecule has 2 heterocycles. The molecule has 4 rings (SSSR count).